The summed E-state index contributed by atoms with van der Waals surface area (Å²) in [5.74, 6) is -3.69. The Morgan fingerprint density at radius 2 is 2.00 bits per heavy atom. The Labute approximate surface area is 90.8 Å². The molecule has 0 fully saturated rings. The second-order valence-corrected chi connectivity index (χ2v) is 3.34. The van der Waals surface area contributed by atoms with Gasteiger partial charge in [-0.25, -0.2) is 0 Å². The van der Waals surface area contributed by atoms with E-state index in [2.05, 4.69) is 0 Å². The zero-order valence-electron chi connectivity index (χ0n) is 8.58. The van der Waals surface area contributed by atoms with Gasteiger partial charge in [0, 0.05) is 18.8 Å². The van der Waals surface area contributed by atoms with E-state index in [0.29, 0.717) is 0 Å². The lowest BCUT2D eigenvalue weighted by atomic mass is 10.0. The van der Waals surface area contributed by atoms with E-state index >= 15 is 0 Å². The van der Waals surface area contributed by atoms with Crippen LogP contribution in [0.5, 0.6) is 0 Å². The third-order valence-corrected chi connectivity index (χ3v) is 2.26. The standard InChI is InChI=1S/C10H11NO5/c1-11-7(3-2-4-8(11)12)6(10(15)16)5-9(13)14/h2-4,6H,5H2,1H3,(H,13,14)(H,15,16). The zero-order valence-corrected chi connectivity index (χ0v) is 8.58. The van der Waals surface area contributed by atoms with Crippen LogP contribution in [0.3, 0.4) is 0 Å². The summed E-state index contributed by atoms with van der Waals surface area (Å²) in [5, 5.41) is 17.5. The predicted octanol–water partition coefficient (Wildman–Crippen LogP) is 0.0282. The van der Waals surface area contributed by atoms with Crippen molar-refractivity contribution in [2.24, 2.45) is 7.05 Å². The molecule has 2 N–H and O–H groups in total. The van der Waals surface area contributed by atoms with Crippen molar-refractivity contribution in [2.75, 3.05) is 0 Å². The maximum Gasteiger partial charge on any atom is 0.313 e. The molecule has 86 valence electrons. The highest BCUT2D eigenvalue weighted by atomic mass is 16.4. The van der Waals surface area contributed by atoms with Crippen molar-refractivity contribution in [2.45, 2.75) is 12.3 Å². The Morgan fingerprint density at radius 3 is 2.50 bits per heavy atom. The highest BCUT2D eigenvalue weighted by Crippen LogP contribution is 2.18. The van der Waals surface area contributed by atoms with E-state index < -0.39 is 24.3 Å². The van der Waals surface area contributed by atoms with Crippen LogP contribution in [0.1, 0.15) is 18.0 Å². The van der Waals surface area contributed by atoms with E-state index in [1.54, 1.807) is 0 Å². The topological polar surface area (TPSA) is 96.6 Å². The summed E-state index contributed by atoms with van der Waals surface area (Å²) in [7, 11) is 1.41. The molecule has 6 heteroatoms. The third kappa shape index (κ3) is 2.47. The normalized spacial score (nSPS) is 12.1. The monoisotopic (exact) mass is 225 g/mol. The number of pyridine rings is 1. The first kappa shape index (κ1) is 12.0. The second-order valence-electron chi connectivity index (χ2n) is 3.34. The molecule has 0 saturated carbocycles. The van der Waals surface area contributed by atoms with Gasteiger partial charge in [-0.15, -0.1) is 0 Å². The molecule has 6 nitrogen and oxygen atoms in total. The number of carbonyl (C=O) groups is 2. The molecule has 0 aromatic carbocycles. The Hall–Kier alpha value is -2.11. The van der Waals surface area contributed by atoms with E-state index in [-0.39, 0.29) is 11.3 Å². The lowest BCUT2D eigenvalue weighted by Crippen LogP contribution is -2.25. The largest absolute Gasteiger partial charge is 0.481 e. The van der Waals surface area contributed by atoms with Gasteiger partial charge in [0.15, 0.2) is 0 Å². The Balaban J connectivity index is 3.21. The van der Waals surface area contributed by atoms with Crippen LogP contribution in [-0.4, -0.2) is 26.7 Å². The van der Waals surface area contributed by atoms with E-state index in [1.165, 1.54) is 25.2 Å². The van der Waals surface area contributed by atoms with E-state index in [9.17, 15) is 14.4 Å². The first-order valence-corrected chi connectivity index (χ1v) is 4.54. The fraction of sp³-hybridized carbons (Fsp3) is 0.300. The molecule has 16 heavy (non-hydrogen) atoms. The molecular formula is C10H11NO5. The number of hydrogen-bond donors (Lipinski definition) is 2. The van der Waals surface area contributed by atoms with Crippen LogP contribution < -0.4 is 5.56 Å². The lowest BCUT2D eigenvalue weighted by molar-refractivity contribution is -0.145. The lowest BCUT2D eigenvalue weighted by Gasteiger charge is -2.13. The SMILES string of the molecule is Cn1c(C(CC(=O)O)C(=O)O)cccc1=O. The Kier molecular flexibility index (Phi) is 3.44. The van der Waals surface area contributed by atoms with Crippen LogP contribution >= 0.6 is 0 Å². The first-order valence-electron chi connectivity index (χ1n) is 4.54. The molecule has 0 aliphatic heterocycles. The summed E-state index contributed by atoms with van der Waals surface area (Å²) < 4.78 is 1.14. The van der Waals surface area contributed by atoms with Gasteiger partial charge in [0.25, 0.3) is 0 Å². The van der Waals surface area contributed by atoms with Gasteiger partial charge in [-0.2, -0.15) is 0 Å². The quantitative estimate of drug-likeness (QED) is 0.753. The van der Waals surface area contributed by atoms with Crippen LogP contribution in [0.15, 0.2) is 23.0 Å². The molecule has 0 aliphatic carbocycles. The van der Waals surface area contributed by atoms with Crippen LogP contribution in [0.25, 0.3) is 0 Å². The molecule has 1 rings (SSSR count). The van der Waals surface area contributed by atoms with Crippen LogP contribution in [0.2, 0.25) is 0 Å². The maximum atomic E-state index is 11.3. The zero-order chi connectivity index (χ0) is 12.3. The molecule has 1 aromatic rings. The highest BCUT2D eigenvalue weighted by molar-refractivity contribution is 5.81. The molecule has 0 spiro atoms. The number of rotatable bonds is 4. The molecular weight excluding hydrogens is 214 g/mol. The average molecular weight is 225 g/mol. The molecule has 1 aromatic heterocycles. The summed E-state index contributed by atoms with van der Waals surface area (Å²) in [4.78, 5) is 32.7. The molecule has 1 unspecified atom stereocenters. The van der Waals surface area contributed by atoms with Gasteiger partial charge in [-0.1, -0.05) is 6.07 Å². The summed E-state index contributed by atoms with van der Waals surface area (Å²) in [5.41, 5.74) is -0.184. The minimum absolute atomic E-state index is 0.183. The third-order valence-electron chi connectivity index (χ3n) is 2.26. The summed E-state index contributed by atoms with van der Waals surface area (Å²) in [6.07, 6.45) is -0.549. The maximum absolute atomic E-state index is 11.3. The molecule has 0 saturated heterocycles. The summed E-state index contributed by atoms with van der Waals surface area (Å²) >= 11 is 0. The Morgan fingerprint density at radius 1 is 1.38 bits per heavy atom. The predicted molar refractivity (Wildman–Crippen MR) is 54.3 cm³/mol. The average Bonchev–Trinajstić information content (AvgIpc) is 2.18. The van der Waals surface area contributed by atoms with Crippen molar-refractivity contribution in [1.82, 2.24) is 4.57 Å². The van der Waals surface area contributed by atoms with E-state index in [1.807, 2.05) is 0 Å². The number of aromatic nitrogens is 1. The number of nitrogens with zero attached hydrogens (tertiary/aromatic N) is 1. The molecule has 0 radical (unpaired) electrons. The van der Waals surface area contributed by atoms with E-state index in [4.69, 9.17) is 10.2 Å². The number of carboxylic acid groups (broad SMARTS) is 2. The van der Waals surface area contributed by atoms with Crippen molar-refractivity contribution in [1.29, 1.82) is 0 Å². The van der Waals surface area contributed by atoms with Crippen molar-refractivity contribution in [3.8, 4) is 0 Å². The highest BCUT2D eigenvalue weighted by Gasteiger charge is 2.25. The molecule has 0 amide bonds. The van der Waals surface area contributed by atoms with Gasteiger partial charge < -0.3 is 14.8 Å². The van der Waals surface area contributed by atoms with Crippen molar-refractivity contribution in [3.63, 3.8) is 0 Å². The number of carboxylic acids is 2. The second kappa shape index (κ2) is 4.61. The van der Waals surface area contributed by atoms with Gasteiger partial charge in [0.05, 0.1) is 6.42 Å². The fourth-order valence-corrected chi connectivity index (χ4v) is 1.42. The molecule has 1 atom stereocenters. The van der Waals surface area contributed by atoms with Gasteiger partial charge in [0.1, 0.15) is 5.92 Å². The number of hydrogen-bond acceptors (Lipinski definition) is 3. The van der Waals surface area contributed by atoms with Crippen LogP contribution in [-0.2, 0) is 16.6 Å². The smallest absolute Gasteiger partial charge is 0.313 e. The van der Waals surface area contributed by atoms with Gasteiger partial charge in [0.2, 0.25) is 5.56 Å². The minimum atomic E-state index is -1.26. The summed E-state index contributed by atoms with van der Waals surface area (Å²) in [6, 6.07) is 4.13. The van der Waals surface area contributed by atoms with Gasteiger partial charge in [-0.3, -0.25) is 14.4 Å². The summed E-state index contributed by atoms with van der Waals surface area (Å²) in [6.45, 7) is 0. The first-order chi connectivity index (χ1) is 7.43. The number of aliphatic carboxylic acids is 2. The van der Waals surface area contributed by atoms with Crippen molar-refractivity contribution < 1.29 is 19.8 Å². The fourth-order valence-electron chi connectivity index (χ4n) is 1.42. The van der Waals surface area contributed by atoms with Gasteiger partial charge >= 0.3 is 11.9 Å². The Bertz CT molecular complexity index is 476. The van der Waals surface area contributed by atoms with Crippen molar-refractivity contribution in [3.05, 3.63) is 34.2 Å². The van der Waals surface area contributed by atoms with Crippen LogP contribution in [0.4, 0.5) is 0 Å². The molecule has 0 aliphatic rings. The van der Waals surface area contributed by atoms with Crippen LogP contribution in [0, 0.1) is 0 Å². The molecule has 1 heterocycles. The van der Waals surface area contributed by atoms with E-state index in [0.717, 1.165) is 4.57 Å². The molecule has 0 bridgehead atoms. The minimum Gasteiger partial charge on any atom is -0.481 e. The van der Waals surface area contributed by atoms with Gasteiger partial charge in [-0.05, 0) is 6.07 Å². The van der Waals surface area contributed by atoms with Crippen molar-refractivity contribution >= 4 is 11.9 Å².